The number of benzene rings is 3. The van der Waals surface area contributed by atoms with Crippen LogP contribution in [0.15, 0.2) is 72.8 Å². The molecule has 0 amide bonds. The second-order valence-electron chi connectivity index (χ2n) is 6.12. The number of phenols is 4. The number of carboxylic acid groups (broad SMARTS) is 3. The average molecular weight is 456 g/mol. The van der Waals surface area contributed by atoms with Gasteiger partial charge in [0.25, 0.3) is 0 Å². The SMILES string of the molecule is O=C(O)C=Cc1ccc(O)cc1.O=C(O)c1ccc(O)c(O)c1.O=C(O)c1ccc(O)cc1. The fourth-order valence-electron chi connectivity index (χ4n) is 2.01. The fraction of sp³-hybridized carbons (Fsp3) is 0. The Balaban J connectivity index is 0.000000249. The van der Waals surface area contributed by atoms with Crippen molar-refractivity contribution < 1.29 is 50.1 Å². The molecule has 0 aliphatic rings. The molecule has 0 saturated carbocycles. The molecule has 0 aliphatic carbocycles. The number of carboxylic acids is 3. The Morgan fingerprint density at radius 1 is 0.576 bits per heavy atom. The van der Waals surface area contributed by atoms with E-state index < -0.39 is 23.7 Å². The maximum atomic E-state index is 10.3. The topological polar surface area (TPSA) is 193 Å². The molecule has 0 spiro atoms. The summed E-state index contributed by atoms with van der Waals surface area (Å²) in [7, 11) is 0. The highest BCUT2D eigenvalue weighted by Gasteiger charge is 2.05. The van der Waals surface area contributed by atoms with Crippen molar-refractivity contribution in [1.29, 1.82) is 0 Å². The monoisotopic (exact) mass is 456 g/mol. The Hall–Kier alpha value is -4.99. The summed E-state index contributed by atoms with van der Waals surface area (Å²) in [6.45, 7) is 0. The van der Waals surface area contributed by atoms with Gasteiger partial charge in [-0.1, -0.05) is 12.1 Å². The Bertz CT molecular complexity index is 1120. The Labute approximate surface area is 187 Å². The molecule has 172 valence electrons. The van der Waals surface area contributed by atoms with E-state index in [0.29, 0.717) is 0 Å². The molecule has 0 fully saturated rings. The van der Waals surface area contributed by atoms with Crippen molar-refractivity contribution in [3.05, 3.63) is 89.5 Å². The van der Waals surface area contributed by atoms with Crippen molar-refractivity contribution in [3.8, 4) is 23.0 Å². The van der Waals surface area contributed by atoms with Gasteiger partial charge in [-0.2, -0.15) is 0 Å². The van der Waals surface area contributed by atoms with E-state index in [1.807, 2.05) is 0 Å². The van der Waals surface area contributed by atoms with Gasteiger partial charge in [-0.25, -0.2) is 14.4 Å². The minimum atomic E-state index is -1.14. The lowest BCUT2D eigenvalue weighted by Crippen LogP contribution is -1.94. The van der Waals surface area contributed by atoms with Crippen LogP contribution in [0.2, 0.25) is 0 Å². The molecule has 0 saturated heterocycles. The third-order valence-corrected chi connectivity index (χ3v) is 3.65. The van der Waals surface area contributed by atoms with E-state index in [2.05, 4.69) is 0 Å². The number of carbonyl (C=O) groups is 3. The predicted molar refractivity (Wildman–Crippen MR) is 117 cm³/mol. The first-order valence-electron chi connectivity index (χ1n) is 8.97. The van der Waals surface area contributed by atoms with Crippen molar-refractivity contribution in [3.63, 3.8) is 0 Å². The zero-order valence-corrected chi connectivity index (χ0v) is 16.9. The molecule has 0 aliphatic heterocycles. The lowest BCUT2D eigenvalue weighted by Gasteiger charge is -1.97. The van der Waals surface area contributed by atoms with Crippen LogP contribution in [0.3, 0.4) is 0 Å². The van der Waals surface area contributed by atoms with E-state index in [-0.39, 0.29) is 28.4 Å². The maximum absolute atomic E-state index is 10.3. The summed E-state index contributed by atoms with van der Waals surface area (Å²) in [4.78, 5) is 30.6. The quantitative estimate of drug-likeness (QED) is 0.226. The lowest BCUT2D eigenvalue weighted by atomic mass is 10.2. The number of hydrogen-bond donors (Lipinski definition) is 7. The standard InChI is InChI=1S/C9H8O3.C7H6O4.C7H6O3/c10-8-4-1-7(2-5-8)3-6-9(11)12;8-5-2-1-4(7(10)11)3-6(5)9;8-6-3-1-5(2-4-6)7(9)10/h1-6,10H,(H,11,12);1-3,8-9H,(H,10,11);1-4,8H,(H,9,10). The lowest BCUT2D eigenvalue weighted by molar-refractivity contribution is -0.131. The second-order valence-corrected chi connectivity index (χ2v) is 6.12. The first-order valence-corrected chi connectivity index (χ1v) is 8.97. The van der Waals surface area contributed by atoms with E-state index in [9.17, 15) is 14.4 Å². The van der Waals surface area contributed by atoms with Crippen LogP contribution >= 0.6 is 0 Å². The third kappa shape index (κ3) is 10.0. The van der Waals surface area contributed by atoms with Crippen LogP contribution in [0.4, 0.5) is 0 Å². The van der Waals surface area contributed by atoms with Gasteiger partial charge in [0.2, 0.25) is 0 Å². The summed E-state index contributed by atoms with van der Waals surface area (Å²) < 4.78 is 0. The molecule has 10 heteroatoms. The summed E-state index contributed by atoms with van der Waals surface area (Å²) in [5.41, 5.74) is 0.869. The van der Waals surface area contributed by atoms with Gasteiger partial charge in [-0.05, 0) is 66.2 Å². The number of phenolic OH excluding ortho intramolecular Hbond substituents is 4. The summed E-state index contributed by atoms with van der Waals surface area (Å²) in [5.74, 6) is -3.62. The van der Waals surface area contributed by atoms with Crippen molar-refractivity contribution in [1.82, 2.24) is 0 Å². The number of aromatic hydroxyl groups is 4. The molecular weight excluding hydrogens is 436 g/mol. The predicted octanol–water partition coefficient (Wildman–Crippen LogP) is 3.38. The molecule has 0 bridgehead atoms. The minimum Gasteiger partial charge on any atom is -0.508 e. The summed E-state index contributed by atoms with van der Waals surface area (Å²) >= 11 is 0. The van der Waals surface area contributed by atoms with Crippen LogP contribution < -0.4 is 0 Å². The van der Waals surface area contributed by atoms with Crippen molar-refractivity contribution in [2.75, 3.05) is 0 Å². The van der Waals surface area contributed by atoms with Gasteiger partial charge in [-0.3, -0.25) is 0 Å². The van der Waals surface area contributed by atoms with E-state index in [4.69, 9.17) is 35.7 Å². The Morgan fingerprint density at radius 2 is 1.03 bits per heavy atom. The number of hydrogen-bond acceptors (Lipinski definition) is 7. The molecule has 0 heterocycles. The summed E-state index contributed by atoms with van der Waals surface area (Å²) in [5, 5.41) is 60.4. The number of rotatable bonds is 4. The van der Waals surface area contributed by atoms with Gasteiger partial charge in [0.15, 0.2) is 11.5 Å². The van der Waals surface area contributed by atoms with E-state index in [1.54, 1.807) is 12.1 Å². The van der Waals surface area contributed by atoms with Crippen molar-refractivity contribution in [2.45, 2.75) is 0 Å². The molecule has 3 rings (SSSR count). The van der Waals surface area contributed by atoms with Crippen LogP contribution in [0, 0.1) is 0 Å². The van der Waals surface area contributed by atoms with Gasteiger partial charge >= 0.3 is 17.9 Å². The van der Waals surface area contributed by atoms with Gasteiger partial charge in [0.05, 0.1) is 11.1 Å². The molecule has 10 nitrogen and oxygen atoms in total. The van der Waals surface area contributed by atoms with Gasteiger partial charge in [0, 0.05) is 6.08 Å². The number of aromatic carboxylic acids is 2. The highest BCUT2D eigenvalue weighted by atomic mass is 16.4. The average Bonchev–Trinajstić information content (AvgIpc) is 2.76. The molecule has 0 atom stereocenters. The summed E-state index contributed by atoms with van der Waals surface area (Å²) in [6.07, 6.45) is 2.51. The van der Waals surface area contributed by atoms with Crippen LogP contribution in [0.1, 0.15) is 26.3 Å². The Kier molecular flexibility index (Phi) is 9.98. The molecular formula is C23H20O10. The van der Waals surface area contributed by atoms with E-state index >= 15 is 0 Å². The molecule has 33 heavy (non-hydrogen) atoms. The van der Waals surface area contributed by atoms with E-state index in [0.717, 1.165) is 23.8 Å². The normalized spacial score (nSPS) is 9.70. The van der Waals surface area contributed by atoms with Crippen molar-refractivity contribution in [2.24, 2.45) is 0 Å². The summed E-state index contributed by atoms with van der Waals surface area (Å²) in [6, 6.07) is 14.9. The number of aliphatic carboxylic acids is 1. The van der Waals surface area contributed by atoms with Crippen LogP contribution in [0.5, 0.6) is 23.0 Å². The van der Waals surface area contributed by atoms with E-state index in [1.165, 1.54) is 48.5 Å². The zero-order chi connectivity index (χ0) is 25.0. The molecule has 3 aromatic rings. The van der Waals surface area contributed by atoms with Gasteiger partial charge < -0.3 is 35.7 Å². The van der Waals surface area contributed by atoms with Crippen molar-refractivity contribution >= 4 is 24.0 Å². The zero-order valence-electron chi connectivity index (χ0n) is 16.9. The molecule has 0 radical (unpaired) electrons. The maximum Gasteiger partial charge on any atom is 0.335 e. The first kappa shape index (κ1) is 26.0. The van der Waals surface area contributed by atoms with Gasteiger partial charge in [-0.15, -0.1) is 0 Å². The molecule has 0 aromatic heterocycles. The molecule has 0 unspecified atom stereocenters. The van der Waals surface area contributed by atoms with Gasteiger partial charge in [0.1, 0.15) is 11.5 Å². The highest BCUT2D eigenvalue weighted by molar-refractivity contribution is 5.88. The van der Waals surface area contributed by atoms with Crippen LogP contribution in [-0.2, 0) is 4.79 Å². The molecule has 3 aromatic carbocycles. The second kappa shape index (κ2) is 12.6. The van der Waals surface area contributed by atoms with Crippen LogP contribution in [0.25, 0.3) is 6.08 Å². The Morgan fingerprint density at radius 3 is 1.45 bits per heavy atom. The largest absolute Gasteiger partial charge is 0.508 e. The van der Waals surface area contributed by atoms with Crippen LogP contribution in [-0.4, -0.2) is 53.7 Å². The third-order valence-electron chi connectivity index (χ3n) is 3.65. The first-order chi connectivity index (χ1) is 15.5. The molecule has 7 N–H and O–H groups in total. The smallest absolute Gasteiger partial charge is 0.335 e. The highest BCUT2D eigenvalue weighted by Crippen LogP contribution is 2.24. The fourth-order valence-corrected chi connectivity index (χ4v) is 2.01. The minimum absolute atomic E-state index is 0.0553.